The first-order valence-corrected chi connectivity index (χ1v) is 7.06. The predicted octanol–water partition coefficient (Wildman–Crippen LogP) is 4.39. The highest BCUT2D eigenvalue weighted by atomic mass is 35.5. The van der Waals surface area contributed by atoms with Crippen LogP contribution in [0.15, 0.2) is 30.3 Å². The van der Waals surface area contributed by atoms with Gasteiger partial charge in [-0.15, -0.1) is 11.6 Å². The van der Waals surface area contributed by atoms with Gasteiger partial charge >= 0.3 is 0 Å². The molecule has 0 radical (unpaired) electrons. The van der Waals surface area contributed by atoms with Crippen molar-refractivity contribution < 1.29 is 4.74 Å². The first-order valence-electron chi connectivity index (χ1n) is 6.52. The Morgan fingerprint density at radius 2 is 1.94 bits per heavy atom. The molecule has 1 aliphatic rings. The maximum Gasteiger partial charge on any atom is 0.0716 e. The summed E-state index contributed by atoms with van der Waals surface area (Å²) in [5.41, 5.74) is 1.71. The van der Waals surface area contributed by atoms with Gasteiger partial charge in [0, 0.05) is 12.5 Å². The minimum Gasteiger partial charge on any atom is -0.377 e. The molecule has 0 bridgehead atoms. The maximum atomic E-state index is 6.03. The number of halogens is 1. The summed E-state index contributed by atoms with van der Waals surface area (Å²) in [6.07, 6.45) is 6.35. The van der Waals surface area contributed by atoms with Crippen molar-refractivity contribution in [3.8, 4) is 0 Å². The predicted molar refractivity (Wildman–Crippen MR) is 72.3 cm³/mol. The van der Waals surface area contributed by atoms with E-state index in [0.29, 0.717) is 5.41 Å². The van der Waals surface area contributed by atoms with Crippen molar-refractivity contribution in [2.75, 3.05) is 12.5 Å². The van der Waals surface area contributed by atoms with E-state index in [1.807, 2.05) is 6.07 Å². The lowest BCUT2D eigenvalue weighted by Crippen LogP contribution is -2.31. The molecule has 0 saturated heterocycles. The van der Waals surface area contributed by atoms with Gasteiger partial charge in [-0.25, -0.2) is 0 Å². The second-order valence-corrected chi connectivity index (χ2v) is 5.40. The van der Waals surface area contributed by atoms with Gasteiger partial charge in [-0.05, 0) is 36.7 Å². The molecule has 0 spiro atoms. The fourth-order valence-corrected chi connectivity index (χ4v) is 2.84. The van der Waals surface area contributed by atoms with E-state index in [1.54, 1.807) is 0 Å². The van der Waals surface area contributed by atoms with Crippen LogP contribution in [-0.4, -0.2) is 12.5 Å². The highest BCUT2D eigenvalue weighted by molar-refractivity contribution is 6.18. The minimum atomic E-state index is 0.456. The zero-order valence-electron chi connectivity index (χ0n) is 10.3. The van der Waals surface area contributed by atoms with Gasteiger partial charge in [-0.3, -0.25) is 0 Å². The Hall–Kier alpha value is -0.530. The molecule has 0 amide bonds. The van der Waals surface area contributed by atoms with E-state index in [-0.39, 0.29) is 0 Å². The van der Waals surface area contributed by atoms with Gasteiger partial charge in [0.2, 0.25) is 0 Å². The van der Waals surface area contributed by atoms with Crippen LogP contribution in [0.1, 0.15) is 37.7 Å². The second kappa shape index (κ2) is 6.42. The van der Waals surface area contributed by atoms with Crippen LogP contribution in [0.5, 0.6) is 0 Å². The first kappa shape index (κ1) is 12.9. The molecule has 1 fully saturated rings. The van der Waals surface area contributed by atoms with Gasteiger partial charge < -0.3 is 4.74 Å². The largest absolute Gasteiger partial charge is 0.377 e. The molecular formula is C15H21ClO. The van der Waals surface area contributed by atoms with Crippen LogP contribution in [0.3, 0.4) is 0 Å². The number of hydrogen-bond donors (Lipinski definition) is 0. The van der Waals surface area contributed by atoms with Crippen molar-refractivity contribution in [1.29, 1.82) is 0 Å². The molecule has 1 nitrogen and oxygen atoms in total. The summed E-state index contributed by atoms with van der Waals surface area (Å²) in [5.74, 6) is 0.825. The number of hydrogen-bond acceptors (Lipinski definition) is 1. The average molecular weight is 253 g/mol. The molecule has 1 saturated carbocycles. The smallest absolute Gasteiger partial charge is 0.0716 e. The maximum absolute atomic E-state index is 6.03. The number of rotatable bonds is 7. The minimum absolute atomic E-state index is 0.456. The summed E-state index contributed by atoms with van der Waals surface area (Å²) in [4.78, 5) is 0. The van der Waals surface area contributed by atoms with Crippen LogP contribution < -0.4 is 0 Å². The Kier molecular flexibility index (Phi) is 4.87. The van der Waals surface area contributed by atoms with Crippen molar-refractivity contribution >= 4 is 11.6 Å². The number of benzene rings is 1. The zero-order valence-corrected chi connectivity index (χ0v) is 11.1. The Labute approximate surface area is 109 Å². The van der Waals surface area contributed by atoms with Gasteiger partial charge in [-0.1, -0.05) is 36.8 Å². The van der Waals surface area contributed by atoms with E-state index < -0.39 is 0 Å². The lowest BCUT2D eigenvalue weighted by molar-refractivity contribution is 0.0869. The highest BCUT2D eigenvalue weighted by Gasteiger charge is 2.35. The van der Waals surface area contributed by atoms with E-state index in [1.165, 1.54) is 31.2 Å². The van der Waals surface area contributed by atoms with Gasteiger partial charge in [0.1, 0.15) is 0 Å². The molecule has 0 unspecified atom stereocenters. The van der Waals surface area contributed by atoms with Crippen LogP contribution in [-0.2, 0) is 11.3 Å². The lowest BCUT2D eigenvalue weighted by atomic mass is 9.67. The van der Waals surface area contributed by atoms with Crippen LogP contribution in [0.25, 0.3) is 0 Å². The SMILES string of the molecule is ClCC1(CCCOCc2ccccc2)CCC1. The van der Waals surface area contributed by atoms with Crippen molar-refractivity contribution in [3.05, 3.63) is 35.9 Å². The van der Waals surface area contributed by atoms with E-state index in [0.717, 1.165) is 25.5 Å². The van der Waals surface area contributed by atoms with E-state index in [4.69, 9.17) is 16.3 Å². The topological polar surface area (TPSA) is 9.23 Å². The third-order valence-electron chi connectivity index (χ3n) is 3.81. The Balaban J connectivity index is 1.58. The summed E-state index contributed by atoms with van der Waals surface area (Å²) in [5, 5.41) is 0. The van der Waals surface area contributed by atoms with Crippen molar-refractivity contribution in [1.82, 2.24) is 0 Å². The van der Waals surface area contributed by atoms with E-state index >= 15 is 0 Å². The molecule has 0 aliphatic heterocycles. The summed E-state index contributed by atoms with van der Waals surface area (Å²) < 4.78 is 5.69. The number of alkyl halides is 1. The summed E-state index contributed by atoms with van der Waals surface area (Å²) in [6, 6.07) is 10.3. The Bertz CT molecular complexity index is 313. The van der Waals surface area contributed by atoms with Crippen molar-refractivity contribution in [2.24, 2.45) is 5.41 Å². The van der Waals surface area contributed by atoms with Gasteiger partial charge in [0.25, 0.3) is 0 Å². The average Bonchev–Trinajstić information content (AvgIpc) is 2.33. The quantitative estimate of drug-likeness (QED) is 0.517. The van der Waals surface area contributed by atoms with Crippen molar-refractivity contribution in [2.45, 2.75) is 38.7 Å². The van der Waals surface area contributed by atoms with Gasteiger partial charge in [0.05, 0.1) is 6.61 Å². The van der Waals surface area contributed by atoms with Crippen LogP contribution in [0.4, 0.5) is 0 Å². The van der Waals surface area contributed by atoms with Crippen LogP contribution >= 0.6 is 11.6 Å². The molecule has 1 aliphatic carbocycles. The fraction of sp³-hybridized carbons (Fsp3) is 0.600. The Morgan fingerprint density at radius 3 is 2.53 bits per heavy atom. The van der Waals surface area contributed by atoms with Gasteiger partial charge in [-0.2, -0.15) is 0 Å². The fourth-order valence-electron chi connectivity index (χ4n) is 2.44. The van der Waals surface area contributed by atoms with Crippen LogP contribution in [0, 0.1) is 5.41 Å². The Morgan fingerprint density at radius 1 is 1.18 bits per heavy atom. The lowest BCUT2D eigenvalue weighted by Gasteiger charge is -2.40. The van der Waals surface area contributed by atoms with Gasteiger partial charge in [0.15, 0.2) is 0 Å². The molecule has 0 N–H and O–H groups in total. The summed E-state index contributed by atoms with van der Waals surface area (Å²) in [7, 11) is 0. The van der Waals surface area contributed by atoms with Crippen LogP contribution in [0.2, 0.25) is 0 Å². The molecule has 0 aromatic heterocycles. The summed E-state index contributed by atoms with van der Waals surface area (Å²) in [6.45, 7) is 1.59. The molecule has 94 valence electrons. The van der Waals surface area contributed by atoms with Crippen molar-refractivity contribution in [3.63, 3.8) is 0 Å². The second-order valence-electron chi connectivity index (χ2n) is 5.13. The molecule has 17 heavy (non-hydrogen) atoms. The highest BCUT2D eigenvalue weighted by Crippen LogP contribution is 2.45. The first-order chi connectivity index (χ1) is 8.35. The molecule has 2 rings (SSSR count). The standard InChI is InChI=1S/C15H21ClO/c16-13-15(8-4-9-15)10-5-11-17-12-14-6-2-1-3-7-14/h1-3,6-7H,4-5,8-13H2. The summed E-state index contributed by atoms with van der Waals surface area (Å²) >= 11 is 6.03. The molecule has 2 heteroatoms. The monoisotopic (exact) mass is 252 g/mol. The molecule has 0 atom stereocenters. The van der Waals surface area contributed by atoms with E-state index in [2.05, 4.69) is 24.3 Å². The number of ether oxygens (including phenoxy) is 1. The molecule has 1 aromatic rings. The molecule has 0 heterocycles. The third-order valence-corrected chi connectivity index (χ3v) is 4.37. The third kappa shape index (κ3) is 3.72. The normalized spacial score (nSPS) is 17.7. The molecule has 1 aromatic carbocycles. The zero-order chi connectivity index (χ0) is 12.0. The van der Waals surface area contributed by atoms with E-state index in [9.17, 15) is 0 Å². The molecular weight excluding hydrogens is 232 g/mol.